The van der Waals surface area contributed by atoms with Gasteiger partial charge in [0.25, 0.3) is 5.91 Å². The van der Waals surface area contributed by atoms with Gasteiger partial charge in [-0.3, -0.25) is 4.79 Å². The molecule has 2 rings (SSSR count). The number of rotatable bonds is 3. The Hall–Kier alpha value is -1.89. The molecular weight excluding hydrogens is 282 g/mol. The molecule has 1 aliphatic heterocycles. The van der Waals surface area contributed by atoms with Gasteiger partial charge in [0.05, 0.1) is 4.90 Å². The van der Waals surface area contributed by atoms with Crippen molar-refractivity contribution in [1.29, 1.82) is 0 Å². The van der Waals surface area contributed by atoms with Crippen molar-refractivity contribution in [2.24, 2.45) is 0 Å². The van der Waals surface area contributed by atoms with E-state index in [1.807, 2.05) is 0 Å². The summed E-state index contributed by atoms with van der Waals surface area (Å²) in [5.41, 5.74) is 0.297. The number of carboxylic acids is 1. The number of nitrogens with zero attached hydrogens (tertiary/aromatic N) is 1. The number of carbonyl (C=O) groups is 2. The molecule has 1 N–H and O–H groups in total. The molecule has 1 heterocycles. The molecule has 0 radical (unpaired) electrons. The molecule has 0 spiro atoms. The van der Waals surface area contributed by atoms with Gasteiger partial charge in [-0.2, -0.15) is 0 Å². The zero-order valence-electron chi connectivity index (χ0n) is 10.9. The summed E-state index contributed by atoms with van der Waals surface area (Å²) in [5, 5.41) is 9.06. The molecule has 1 amide bonds. The number of aliphatic carboxylic acids is 1. The summed E-state index contributed by atoms with van der Waals surface area (Å²) in [7, 11) is -3.31. The van der Waals surface area contributed by atoms with Crippen LogP contribution in [-0.2, 0) is 14.6 Å². The summed E-state index contributed by atoms with van der Waals surface area (Å²) in [6.45, 7) is 0.406. The van der Waals surface area contributed by atoms with Gasteiger partial charge in [-0.1, -0.05) is 0 Å². The number of hydrogen-bond acceptors (Lipinski definition) is 4. The Morgan fingerprint density at radius 2 is 1.85 bits per heavy atom. The lowest BCUT2D eigenvalue weighted by Crippen LogP contribution is -2.40. The van der Waals surface area contributed by atoms with Crippen LogP contribution in [0.15, 0.2) is 29.2 Å². The van der Waals surface area contributed by atoms with Crippen LogP contribution in [0.4, 0.5) is 0 Å². The average Bonchev–Trinajstić information content (AvgIpc) is 2.86. The summed E-state index contributed by atoms with van der Waals surface area (Å²) in [5.74, 6) is -1.39. The minimum Gasteiger partial charge on any atom is -0.480 e. The zero-order chi connectivity index (χ0) is 14.9. The molecule has 1 fully saturated rings. The maximum atomic E-state index is 12.2. The lowest BCUT2D eigenvalue weighted by atomic mass is 10.1. The van der Waals surface area contributed by atoms with Crippen LogP contribution in [0.3, 0.4) is 0 Å². The molecule has 1 aliphatic rings. The van der Waals surface area contributed by atoms with Gasteiger partial charge in [0.15, 0.2) is 9.84 Å². The predicted octanol–water partition coefficient (Wildman–Crippen LogP) is 0.779. The van der Waals surface area contributed by atoms with E-state index in [2.05, 4.69) is 0 Å². The third-order valence-corrected chi connectivity index (χ3v) is 4.46. The zero-order valence-corrected chi connectivity index (χ0v) is 11.8. The van der Waals surface area contributed by atoms with Gasteiger partial charge < -0.3 is 10.0 Å². The topological polar surface area (TPSA) is 91.8 Å². The molecule has 20 heavy (non-hydrogen) atoms. The molecule has 0 aliphatic carbocycles. The fraction of sp³-hybridized carbons (Fsp3) is 0.385. The van der Waals surface area contributed by atoms with Crippen molar-refractivity contribution in [3.63, 3.8) is 0 Å². The van der Waals surface area contributed by atoms with Crippen molar-refractivity contribution in [3.05, 3.63) is 29.8 Å². The van der Waals surface area contributed by atoms with Crippen molar-refractivity contribution in [1.82, 2.24) is 4.90 Å². The fourth-order valence-corrected chi connectivity index (χ4v) is 2.91. The molecule has 1 saturated heterocycles. The highest BCUT2D eigenvalue weighted by molar-refractivity contribution is 7.90. The van der Waals surface area contributed by atoms with E-state index in [9.17, 15) is 18.0 Å². The first kappa shape index (κ1) is 14.5. The Kier molecular flexibility index (Phi) is 3.80. The lowest BCUT2D eigenvalue weighted by molar-refractivity contribution is -0.141. The number of likely N-dealkylation sites (tertiary alicyclic amines) is 1. The Balaban J connectivity index is 2.24. The van der Waals surface area contributed by atoms with E-state index in [1.54, 1.807) is 0 Å². The molecule has 6 nitrogen and oxygen atoms in total. The molecule has 0 unspecified atom stereocenters. The van der Waals surface area contributed by atoms with E-state index in [0.29, 0.717) is 24.9 Å². The van der Waals surface area contributed by atoms with Crippen LogP contribution >= 0.6 is 0 Å². The minimum atomic E-state index is -3.31. The normalized spacial score (nSPS) is 19.1. The van der Waals surface area contributed by atoms with Gasteiger partial charge in [0.1, 0.15) is 6.04 Å². The van der Waals surface area contributed by atoms with E-state index >= 15 is 0 Å². The van der Waals surface area contributed by atoms with Crippen LogP contribution in [-0.4, -0.2) is 49.1 Å². The van der Waals surface area contributed by atoms with Crippen LogP contribution in [0, 0.1) is 0 Å². The minimum absolute atomic E-state index is 0.130. The first-order valence-corrected chi connectivity index (χ1v) is 8.04. The van der Waals surface area contributed by atoms with Gasteiger partial charge in [-0.05, 0) is 37.1 Å². The molecule has 0 saturated carbocycles. The van der Waals surface area contributed by atoms with Crippen LogP contribution in [0.1, 0.15) is 23.2 Å². The average molecular weight is 297 g/mol. The number of carbonyl (C=O) groups excluding carboxylic acids is 1. The van der Waals surface area contributed by atoms with Gasteiger partial charge in [0.2, 0.25) is 0 Å². The highest BCUT2D eigenvalue weighted by atomic mass is 32.2. The lowest BCUT2D eigenvalue weighted by Gasteiger charge is -2.21. The summed E-state index contributed by atoms with van der Waals surface area (Å²) >= 11 is 0. The van der Waals surface area contributed by atoms with E-state index in [4.69, 9.17) is 5.11 Å². The molecule has 7 heteroatoms. The summed E-state index contributed by atoms with van der Waals surface area (Å²) in [6, 6.07) is 4.74. The van der Waals surface area contributed by atoms with Gasteiger partial charge in [-0.15, -0.1) is 0 Å². The SMILES string of the molecule is CS(=O)(=O)c1ccc(C(=O)N2CCC[C@H]2C(=O)O)cc1. The van der Waals surface area contributed by atoms with Crippen molar-refractivity contribution in [3.8, 4) is 0 Å². The summed E-state index contributed by atoms with van der Waals surface area (Å²) < 4.78 is 22.7. The summed E-state index contributed by atoms with van der Waals surface area (Å²) in [4.78, 5) is 24.7. The highest BCUT2D eigenvalue weighted by Gasteiger charge is 2.34. The monoisotopic (exact) mass is 297 g/mol. The van der Waals surface area contributed by atoms with Crippen molar-refractivity contribution >= 4 is 21.7 Å². The van der Waals surface area contributed by atoms with E-state index < -0.39 is 21.8 Å². The van der Waals surface area contributed by atoms with Crippen LogP contribution in [0.5, 0.6) is 0 Å². The smallest absolute Gasteiger partial charge is 0.326 e. The van der Waals surface area contributed by atoms with Crippen molar-refractivity contribution in [2.45, 2.75) is 23.8 Å². The quantitative estimate of drug-likeness (QED) is 0.890. The molecule has 0 aromatic heterocycles. The van der Waals surface area contributed by atoms with Gasteiger partial charge >= 0.3 is 5.97 Å². The molecule has 1 aromatic carbocycles. The predicted molar refractivity (Wildman–Crippen MR) is 71.2 cm³/mol. The Bertz CT molecular complexity index is 635. The largest absolute Gasteiger partial charge is 0.480 e. The van der Waals surface area contributed by atoms with Gasteiger partial charge in [0, 0.05) is 18.4 Å². The standard InChI is InChI=1S/C13H15NO5S/c1-20(18,19)10-6-4-9(5-7-10)12(15)14-8-2-3-11(14)13(16)17/h4-7,11H,2-3,8H2,1H3,(H,16,17)/t11-/m0/s1. The van der Waals surface area contributed by atoms with Crippen molar-refractivity contribution < 1.29 is 23.1 Å². The third-order valence-electron chi connectivity index (χ3n) is 3.33. The number of benzene rings is 1. The van der Waals surface area contributed by atoms with Crippen LogP contribution in [0.2, 0.25) is 0 Å². The van der Waals surface area contributed by atoms with Crippen LogP contribution < -0.4 is 0 Å². The third kappa shape index (κ3) is 2.82. The highest BCUT2D eigenvalue weighted by Crippen LogP contribution is 2.21. The van der Waals surface area contributed by atoms with Crippen LogP contribution in [0.25, 0.3) is 0 Å². The summed E-state index contributed by atoms with van der Waals surface area (Å²) in [6.07, 6.45) is 2.19. The first-order valence-electron chi connectivity index (χ1n) is 6.14. The number of carboxylic acid groups (broad SMARTS) is 1. The number of sulfone groups is 1. The van der Waals surface area contributed by atoms with E-state index in [-0.39, 0.29) is 10.8 Å². The number of hydrogen-bond donors (Lipinski definition) is 1. The molecule has 1 aromatic rings. The molecule has 108 valence electrons. The maximum absolute atomic E-state index is 12.2. The second-order valence-corrected chi connectivity index (χ2v) is 6.81. The van der Waals surface area contributed by atoms with Gasteiger partial charge in [-0.25, -0.2) is 13.2 Å². The number of amides is 1. The fourth-order valence-electron chi connectivity index (χ4n) is 2.28. The first-order chi connectivity index (χ1) is 9.30. The van der Waals surface area contributed by atoms with E-state index in [0.717, 1.165) is 6.26 Å². The Morgan fingerprint density at radius 1 is 1.25 bits per heavy atom. The maximum Gasteiger partial charge on any atom is 0.326 e. The molecule has 1 atom stereocenters. The Labute approximate surface area is 116 Å². The second-order valence-electron chi connectivity index (χ2n) is 4.79. The van der Waals surface area contributed by atoms with E-state index in [1.165, 1.54) is 29.2 Å². The second kappa shape index (κ2) is 5.24. The van der Waals surface area contributed by atoms with Crippen molar-refractivity contribution in [2.75, 3.05) is 12.8 Å². The molecular formula is C13H15NO5S. The Morgan fingerprint density at radius 3 is 2.35 bits per heavy atom. The molecule has 0 bridgehead atoms.